The van der Waals surface area contributed by atoms with E-state index in [-0.39, 0.29) is 39.5 Å². The Hall–Kier alpha value is -3.60. The van der Waals surface area contributed by atoms with Crippen molar-refractivity contribution in [1.29, 1.82) is 5.26 Å². The van der Waals surface area contributed by atoms with Crippen LogP contribution >= 0.6 is 11.6 Å². The van der Waals surface area contributed by atoms with E-state index < -0.39 is 0 Å². The first-order chi connectivity index (χ1) is 17.0. The molecular weight excluding hydrogens is 478 g/mol. The van der Waals surface area contributed by atoms with E-state index in [0.717, 1.165) is 0 Å². The molecule has 0 saturated carbocycles. The molecule has 2 N–H and O–H groups in total. The molecule has 0 aliphatic carbocycles. The molecule has 0 spiro atoms. The van der Waals surface area contributed by atoms with E-state index in [1.165, 1.54) is 12.3 Å². The highest BCUT2D eigenvalue weighted by Gasteiger charge is 2.39. The summed E-state index contributed by atoms with van der Waals surface area (Å²) in [5.41, 5.74) is 1.15. The zero-order valence-corrected chi connectivity index (χ0v) is 21.4. The van der Waals surface area contributed by atoms with Gasteiger partial charge in [-0.15, -0.1) is 0 Å². The van der Waals surface area contributed by atoms with Crippen LogP contribution in [0.5, 0.6) is 17.2 Å². The standard InChI is InChI=1S/C28H28ClN3O4/c1-27(2)12-19(13-28(3,4)36-27)32-26(34)17-8-9-25(23(29)11-17)35-24-7-5-6-21(22(24)14-30)18-10-20(33)16-31-15-18/h5-11,15-16,19,33H,12-13H2,1-4H3,(H,32,34). The highest BCUT2D eigenvalue weighted by atomic mass is 35.5. The molecule has 0 unspecified atom stereocenters. The maximum Gasteiger partial charge on any atom is 0.251 e. The summed E-state index contributed by atoms with van der Waals surface area (Å²) in [7, 11) is 0. The van der Waals surface area contributed by atoms with Crippen LogP contribution in [0, 0.1) is 11.3 Å². The molecule has 36 heavy (non-hydrogen) atoms. The van der Waals surface area contributed by atoms with E-state index in [2.05, 4.69) is 16.4 Å². The van der Waals surface area contributed by atoms with E-state index in [1.807, 2.05) is 27.7 Å². The van der Waals surface area contributed by atoms with Crippen molar-refractivity contribution in [3.8, 4) is 34.4 Å². The number of rotatable bonds is 5. The fourth-order valence-corrected chi connectivity index (χ4v) is 5.07. The number of pyridine rings is 1. The molecule has 1 amide bonds. The number of halogens is 1. The van der Waals surface area contributed by atoms with Crippen LogP contribution < -0.4 is 10.1 Å². The molecule has 2 aromatic carbocycles. The summed E-state index contributed by atoms with van der Waals surface area (Å²) in [6.07, 6.45) is 4.29. The number of aromatic nitrogens is 1. The van der Waals surface area contributed by atoms with Crippen LogP contribution in [0.15, 0.2) is 54.9 Å². The lowest BCUT2D eigenvalue weighted by atomic mass is 9.85. The van der Waals surface area contributed by atoms with Crippen LogP contribution in [0.4, 0.5) is 0 Å². The van der Waals surface area contributed by atoms with Crippen molar-refractivity contribution < 1.29 is 19.4 Å². The first-order valence-corrected chi connectivity index (χ1v) is 12.0. The number of carbonyl (C=O) groups excluding carboxylic acids is 1. The van der Waals surface area contributed by atoms with E-state index in [0.29, 0.717) is 41.0 Å². The highest BCUT2D eigenvalue weighted by Crippen LogP contribution is 2.37. The molecular formula is C28H28ClN3O4. The monoisotopic (exact) mass is 505 g/mol. The number of nitrogens with zero attached hydrogens (tertiary/aromatic N) is 2. The van der Waals surface area contributed by atoms with Crippen molar-refractivity contribution in [2.24, 2.45) is 0 Å². The van der Waals surface area contributed by atoms with Gasteiger partial charge in [-0.2, -0.15) is 5.26 Å². The fourth-order valence-electron chi connectivity index (χ4n) is 4.85. The Kier molecular flexibility index (Phi) is 6.94. The third-order valence-electron chi connectivity index (χ3n) is 5.95. The van der Waals surface area contributed by atoms with E-state index in [4.69, 9.17) is 21.1 Å². The summed E-state index contributed by atoms with van der Waals surface area (Å²) in [5, 5.41) is 22.9. The topological polar surface area (TPSA) is 104 Å². The molecule has 1 aliphatic rings. The number of hydrogen-bond donors (Lipinski definition) is 2. The molecule has 4 rings (SSSR count). The Morgan fingerprint density at radius 2 is 1.86 bits per heavy atom. The predicted molar refractivity (Wildman–Crippen MR) is 137 cm³/mol. The molecule has 1 saturated heterocycles. The number of carbonyl (C=O) groups is 1. The molecule has 186 valence electrons. The second-order valence-electron chi connectivity index (χ2n) is 10.2. The Labute approximate surface area is 215 Å². The number of amides is 1. The lowest BCUT2D eigenvalue weighted by molar-refractivity contribution is -0.162. The maximum absolute atomic E-state index is 13.0. The zero-order chi connectivity index (χ0) is 26.1. The van der Waals surface area contributed by atoms with E-state index in [9.17, 15) is 15.2 Å². The lowest BCUT2D eigenvalue weighted by Gasteiger charge is -2.45. The van der Waals surface area contributed by atoms with Crippen LogP contribution in [0.1, 0.15) is 56.5 Å². The number of nitrogens with one attached hydrogen (secondary N) is 1. The van der Waals surface area contributed by atoms with Gasteiger partial charge in [-0.05, 0) is 70.9 Å². The van der Waals surface area contributed by atoms with Crippen molar-refractivity contribution >= 4 is 17.5 Å². The van der Waals surface area contributed by atoms with E-state index in [1.54, 1.807) is 42.6 Å². The quantitative estimate of drug-likeness (QED) is 0.425. The van der Waals surface area contributed by atoms with Crippen LogP contribution in [0.3, 0.4) is 0 Å². The second kappa shape index (κ2) is 9.81. The van der Waals surface area contributed by atoms with Crippen LogP contribution in [0.2, 0.25) is 5.02 Å². The van der Waals surface area contributed by atoms with Crippen LogP contribution in [-0.2, 0) is 4.74 Å². The summed E-state index contributed by atoms with van der Waals surface area (Å²) in [6.45, 7) is 8.10. The molecule has 0 radical (unpaired) electrons. The number of ether oxygens (including phenoxy) is 2. The summed E-state index contributed by atoms with van der Waals surface area (Å²) < 4.78 is 12.1. The number of benzene rings is 2. The summed E-state index contributed by atoms with van der Waals surface area (Å²) >= 11 is 6.48. The molecule has 3 aromatic rings. The van der Waals surface area contributed by atoms with Gasteiger partial charge < -0.3 is 19.9 Å². The number of hydrogen-bond acceptors (Lipinski definition) is 6. The summed E-state index contributed by atoms with van der Waals surface area (Å²) in [4.78, 5) is 16.9. The minimum absolute atomic E-state index is 0.00694. The zero-order valence-electron chi connectivity index (χ0n) is 20.6. The first kappa shape index (κ1) is 25.5. The van der Waals surface area contributed by atoms with Gasteiger partial charge in [0, 0.05) is 28.9 Å². The third-order valence-corrected chi connectivity index (χ3v) is 6.25. The van der Waals surface area contributed by atoms with Gasteiger partial charge in [-0.1, -0.05) is 23.7 Å². The van der Waals surface area contributed by atoms with Gasteiger partial charge in [0.25, 0.3) is 5.91 Å². The third kappa shape index (κ3) is 5.78. The highest BCUT2D eigenvalue weighted by molar-refractivity contribution is 6.32. The molecule has 0 bridgehead atoms. The SMILES string of the molecule is CC1(C)CC(NC(=O)c2ccc(Oc3cccc(-c4cncc(O)c4)c3C#N)c(Cl)c2)CC(C)(C)O1. The van der Waals surface area contributed by atoms with Crippen molar-refractivity contribution in [2.75, 3.05) is 0 Å². The van der Waals surface area contributed by atoms with Crippen molar-refractivity contribution in [2.45, 2.75) is 57.8 Å². The molecule has 1 aromatic heterocycles. The summed E-state index contributed by atoms with van der Waals surface area (Å²) in [5.74, 6) is 0.374. The first-order valence-electron chi connectivity index (χ1n) is 11.6. The fraction of sp³-hybridized carbons (Fsp3) is 0.321. The Bertz CT molecular complexity index is 1330. The maximum atomic E-state index is 13.0. The molecule has 2 heterocycles. The van der Waals surface area contributed by atoms with Crippen molar-refractivity contribution in [3.05, 3.63) is 71.0 Å². The van der Waals surface area contributed by atoms with Crippen molar-refractivity contribution in [3.63, 3.8) is 0 Å². The van der Waals surface area contributed by atoms with Gasteiger partial charge >= 0.3 is 0 Å². The molecule has 0 atom stereocenters. The normalized spacial score (nSPS) is 16.7. The van der Waals surface area contributed by atoms with Gasteiger partial charge in [0.1, 0.15) is 28.9 Å². The molecule has 8 heteroatoms. The number of aromatic hydroxyl groups is 1. The van der Waals surface area contributed by atoms with Gasteiger partial charge in [-0.25, -0.2) is 0 Å². The molecule has 7 nitrogen and oxygen atoms in total. The lowest BCUT2D eigenvalue weighted by Crippen LogP contribution is -2.52. The average Bonchev–Trinajstić information content (AvgIpc) is 2.78. The van der Waals surface area contributed by atoms with E-state index >= 15 is 0 Å². The van der Waals surface area contributed by atoms with Crippen molar-refractivity contribution in [1.82, 2.24) is 10.3 Å². The molecule has 1 aliphatic heterocycles. The van der Waals surface area contributed by atoms with Gasteiger partial charge in [-0.3, -0.25) is 9.78 Å². The largest absolute Gasteiger partial charge is 0.506 e. The Morgan fingerprint density at radius 3 is 2.50 bits per heavy atom. The van der Waals surface area contributed by atoms with Gasteiger partial charge in [0.05, 0.1) is 22.4 Å². The number of nitriles is 1. The second-order valence-corrected chi connectivity index (χ2v) is 10.6. The smallest absolute Gasteiger partial charge is 0.251 e. The minimum atomic E-state index is -0.337. The Morgan fingerprint density at radius 1 is 1.14 bits per heavy atom. The summed E-state index contributed by atoms with van der Waals surface area (Å²) in [6, 6.07) is 13.6. The van der Waals surface area contributed by atoms with Gasteiger partial charge in [0.15, 0.2) is 0 Å². The minimum Gasteiger partial charge on any atom is -0.506 e. The van der Waals surface area contributed by atoms with Crippen LogP contribution in [0.25, 0.3) is 11.1 Å². The predicted octanol–water partition coefficient (Wildman–Crippen LogP) is 6.24. The van der Waals surface area contributed by atoms with Gasteiger partial charge in [0.2, 0.25) is 0 Å². The van der Waals surface area contributed by atoms with Crippen LogP contribution in [-0.4, -0.2) is 33.2 Å². The molecule has 1 fully saturated rings. The Balaban J connectivity index is 1.54. The average molecular weight is 506 g/mol.